The fraction of sp³-hybridized carbons (Fsp3) is 0.667. The lowest BCUT2D eigenvalue weighted by Crippen LogP contribution is -2.43. The topological polar surface area (TPSA) is 75.9 Å². The van der Waals surface area contributed by atoms with Crippen molar-refractivity contribution in [3.8, 4) is 5.95 Å². The van der Waals surface area contributed by atoms with Crippen LogP contribution in [0.3, 0.4) is 0 Å². The molecular formula is C24H38N6O. The van der Waals surface area contributed by atoms with Crippen LogP contribution in [0.1, 0.15) is 89.1 Å². The maximum absolute atomic E-state index is 13.4. The van der Waals surface area contributed by atoms with Gasteiger partial charge in [-0.05, 0) is 44.8 Å². The predicted molar refractivity (Wildman–Crippen MR) is 123 cm³/mol. The van der Waals surface area contributed by atoms with Crippen LogP contribution in [-0.4, -0.2) is 50.0 Å². The molecule has 0 radical (unpaired) electrons. The van der Waals surface area contributed by atoms with Crippen LogP contribution in [0.25, 0.3) is 5.95 Å². The number of nitrogens with one attached hydrogen (secondary N) is 1. The average molecular weight is 427 g/mol. The maximum atomic E-state index is 13.4. The van der Waals surface area contributed by atoms with Gasteiger partial charge < -0.3 is 5.32 Å². The van der Waals surface area contributed by atoms with Crippen molar-refractivity contribution in [1.29, 1.82) is 0 Å². The largest absolute Gasteiger partial charge is 0.354 e. The number of aromatic nitrogens is 4. The Morgan fingerprint density at radius 1 is 1.06 bits per heavy atom. The van der Waals surface area contributed by atoms with Crippen molar-refractivity contribution in [1.82, 2.24) is 29.7 Å². The molecule has 31 heavy (non-hydrogen) atoms. The SMILES string of the molecule is CCCCCCCNC(=O)C(c1cc(CCC)nc(-n2ccnc2)n1)N1CCCCC1. The smallest absolute Gasteiger partial charge is 0.243 e. The summed E-state index contributed by atoms with van der Waals surface area (Å²) < 4.78 is 1.82. The van der Waals surface area contributed by atoms with E-state index in [9.17, 15) is 4.79 Å². The lowest BCUT2D eigenvalue weighted by Gasteiger charge is -2.33. The molecule has 1 aliphatic heterocycles. The fourth-order valence-electron chi connectivity index (χ4n) is 4.22. The van der Waals surface area contributed by atoms with E-state index in [4.69, 9.17) is 9.97 Å². The second-order valence-corrected chi connectivity index (χ2v) is 8.51. The van der Waals surface area contributed by atoms with Gasteiger partial charge in [-0.15, -0.1) is 0 Å². The minimum absolute atomic E-state index is 0.0649. The average Bonchev–Trinajstić information content (AvgIpc) is 3.32. The highest BCUT2D eigenvalue weighted by Crippen LogP contribution is 2.25. The molecule has 0 spiro atoms. The first-order valence-corrected chi connectivity index (χ1v) is 12.1. The van der Waals surface area contributed by atoms with Crippen molar-refractivity contribution in [3.05, 3.63) is 36.2 Å². The normalized spacial score (nSPS) is 15.7. The standard InChI is InChI=1S/C24H38N6O/c1-3-5-6-7-9-13-26-23(31)22(29-15-10-8-11-16-29)21-18-20(12-4-2)27-24(28-21)30-17-14-25-19-30/h14,17-19,22H,3-13,15-16H2,1-2H3,(H,26,31). The predicted octanol–water partition coefficient (Wildman–Crippen LogP) is 4.23. The molecule has 0 saturated carbocycles. The van der Waals surface area contributed by atoms with Gasteiger partial charge in [0.2, 0.25) is 11.9 Å². The van der Waals surface area contributed by atoms with E-state index in [0.717, 1.165) is 63.1 Å². The Balaban J connectivity index is 1.81. The summed E-state index contributed by atoms with van der Waals surface area (Å²) in [7, 11) is 0. The highest BCUT2D eigenvalue weighted by atomic mass is 16.2. The van der Waals surface area contributed by atoms with Gasteiger partial charge in [0.05, 0.1) is 5.69 Å². The zero-order valence-corrected chi connectivity index (χ0v) is 19.2. The van der Waals surface area contributed by atoms with Crippen molar-refractivity contribution >= 4 is 5.91 Å². The molecule has 1 fully saturated rings. The van der Waals surface area contributed by atoms with Gasteiger partial charge in [0, 0.05) is 24.6 Å². The van der Waals surface area contributed by atoms with Crippen molar-refractivity contribution in [2.45, 2.75) is 84.1 Å². The maximum Gasteiger partial charge on any atom is 0.243 e. The summed E-state index contributed by atoms with van der Waals surface area (Å²) >= 11 is 0. The van der Waals surface area contributed by atoms with Crippen molar-refractivity contribution in [2.24, 2.45) is 0 Å². The number of amides is 1. The van der Waals surface area contributed by atoms with E-state index in [0.29, 0.717) is 5.95 Å². The van der Waals surface area contributed by atoms with E-state index in [1.165, 1.54) is 32.1 Å². The number of carbonyl (C=O) groups excluding carboxylic acids is 1. The van der Waals surface area contributed by atoms with Crippen LogP contribution < -0.4 is 5.32 Å². The number of likely N-dealkylation sites (tertiary alicyclic amines) is 1. The lowest BCUT2D eigenvalue weighted by molar-refractivity contribution is -0.127. The van der Waals surface area contributed by atoms with E-state index in [-0.39, 0.29) is 11.9 Å². The van der Waals surface area contributed by atoms with Crippen LogP contribution in [0, 0.1) is 0 Å². The summed E-state index contributed by atoms with van der Waals surface area (Å²) in [4.78, 5) is 29.4. The van der Waals surface area contributed by atoms with Crippen LogP contribution in [-0.2, 0) is 11.2 Å². The number of carbonyl (C=O) groups is 1. The van der Waals surface area contributed by atoms with Gasteiger partial charge in [0.25, 0.3) is 0 Å². The Hall–Kier alpha value is -2.28. The first-order valence-electron chi connectivity index (χ1n) is 12.1. The molecule has 1 N–H and O–H groups in total. The molecule has 3 heterocycles. The third-order valence-electron chi connectivity index (χ3n) is 5.89. The molecule has 1 amide bonds. The molecule has 7 heteroatoms. The van der Waals surface area contributed by atoms with Gasteiger partial charge >= 0.3 is 0 Å². The number of nitrogens with zero attached hydrogens (tertiary/aromatic N) is 5. The second kappa shape index (κ2) is 12.5. The molecule has 0 aromatic carbocycles. The molecule has 1 atom stereocenters. The molecule has 1 aliphatic rings. The van der Waals surface area contributed by atoms with Gasteiger partial charge in [-0.25, -0.2) is 15.0 Å². The van der Waals surface area contributed by atoms with Crippen LogP contribution >= 0.6 is 0 Å². The second-order valence-electron chi connectivity index (χ2n) is 8.51. The summed E-state index contributed by atoms with van der Waals surface area (Å²) in [6.45, 7) is 6.96. The van der Waals surface area contributed by atoms with E-state index in [1.54, 1.807) is 12.5 Å². The number of rotatable bonds is 12. The first-order chi connectivity index (χ1) is 15.2. The number of aryl methyl sites for hydroxylation is 1. The lowest BCUT2D eigenvalue weighted by atomic mass is 10.0. The zero-order valence-electron chi connectivity index (χ0n) is 19.2. The van der Waals surface area contributed by atoms with Crippen molar-refractivity contribution in [2.75, 3.05) is 19.6 Å². The Bertz CT molecular complexity index is 785. The van der Waals surface area contributed by atoms with Gasteiger partial charge in [-0.2, -0.15) is 0 Å². The third kappa shape index (κ3) is 6.86. The molecule has 7 nitrogen and oxygen atoms in total. The molecule has 1 saturated heterocycles. The molecule has 0 aliphatic carbocycles. The van der Waals surface area contributed by atoms with E-state index < -0.39 is 0 Å². The Morgan fingerprint density at radius 3 is 2.58 bits per heavy atom. The fourth-order valence-corrected chi connectivity index (χ4v) is 4.22. The van der Waals surface area contributed by atoms with Crippen LogP contribution in [0.15, 0.2) is 24.8 Å². The van der Waals surface area contributed by atoms with E-state index in [2.05, 4.69) is 29.0 Å². The molecule has 170 valence electrons. The van der Waals surface area contributed by atoms with Gasteiger partial charge in [0.1, 0.15) is 12.4 Å². The minimum Gasteiger partial charge on any atom is -0.354 e. The summed E-state index contributed by atoms with van der Waals surface area (Å²) in [6, 6.07) is 1.67. The number of imidazole rings is 1. The molecule has 2 aromatic heterocycles. The van der Waals surface area contributed by atoms with Crippen molar-refractivity contribution < 1.29 is 4.79 Å². The van der Waals surface area contributed by atoms with Crippen molar-refractivity contribution in [3.63, 3.8) is 0 Å². The van der Waals surface area contributed by atoms with Gasteiger partial charge in [-0.1, -0.05) is 52.4 Å². The highest BCUT2D eigenvalue weighted by molar-refractivity contribution is 5.82. The molecule has 2 aromatic rings. The quantitative estimate of drug-likeness (QED) is 0.514. The summed E-state index contributed by atoms with van der Waals surface area (Å²) in [5, 5.41) is 3.20. The van der Waals surface area contributed by atoms with Crippen LogP contribution in [0.2, 0.25) is 0 Å². The summed E-state index contributed by atoms with van der Waals surface area (Å²) in [5.74, 6) is 0.656. The van der Waals surface area contributed by atoms with Gasteiger partial charge in [0.15, 0.2) is 0 Å². The monoisotopic (exact) mass is 426 g/mol. The van der Waals surface area contributed by atoms with Crippen LogP contribution in [0.5, 0.6) is 0 Å². The minimum atomic E-state index is -0.364. The summed E-state index contributed by atoms with van der Waals surface area (Å²) in [6.07, 6.45) is 16.6. The van der Waals surface area contributed by atoms with Gasteiger partial charge in [-0.3, -0.25) is 14.3 Å². The van der Waals surface area contributed by atoms with Crippen LogP contribution in [0.4, 0.5) is 0 Å². The number of unbranched alkanes of at least 4 members (excludes halogenated alkanes) is 4. The zero-order chi connectivity index (χ0) is 21.9. The number of hydrogen-bond acceptors (Lipinski definition) is 5. The molecule has 3 rings (SSSR count). The third-order valence-corrected chi connectivity index (χ3v) is 5.89. The Morgan fingerprint density at radius 2 is 1.87 bits per heavy atom. The molecule has 1 unspecified atom stereocenters. The first kappa shape index (κ1) is 23.4. The Kier molecular flexibility index (Phi) is 9.46. The summed E-state index contributed by atoms with van der Waals surface area (Å²) in [5.41, 5.74) is 1.78. The van der Waals surface area contributed by atoms with E-state index in [1.807, 2.05) is 16.8 Å². The Labute approximate surface area is 186 Å². The number of piperidine rings is 1. The molecular weight excluding hydrogens is 388 g/mol. The highest BCUT2D eigenvalue weighted by Gasteiger charge is 2.30. The number of hydrogen-bond donors (Lipinski definition) is 1. The van der Waals surface area contributed by atoms with E-state index >= 15 is 0 Å². The molecule has 0 bridgehead atoms.